The van der Waals surface area contributed by atoms with Gasteiger partial charge in [0.1, 0.15) is 44.6 Å². The molecule has 8 amide bonds. The summed E-state index contributed by atoms with van der Waals surface area (Å²) in [7, 11) is 0. The Bertz CT molecular complexity index is 1970. The molecule has 0 spiro atoms. The van der Waals surface area contributed by atoms with Gasteiger partial charge in [-0.05, 0) is 60.3 Å². The van der Waals surface area contributed by atoms with Crippen molar-refractivity contribution < 1.29 is 102 Å². The van der Waals surface area contributed by atoms with Crippen molar-refractivity contribution in [3.05, 3.63) is 50.6 Å². The molecular formula is C51H82N8O21S2. The molecule has 0 radical (unpaired) electrons. The summed E-state index contributed by atoms with van der Waals surface area (Å²) in [5.41, 5.74) is 4.84. The van der Waals surface area contributed by atoms with Crippen molar-refractivity contribution >= 4 is 101 Å². The maximum absolute atomic E-state index is 11.5. The van der Waals surface area contributed by atoms with Gasteiger partial charge >= 0.3 is 42.3 Å². The molecule has 2 saturated heterocycles. The summed E-state index contributed by atoms with van der Waals surface area (Å²) in [4.78, 5) is 143. The number of nitrogens with one attached hydrogen (secondary N) is 5. The SMILES string of the molecule is C1CCC(NC2CCCCC2)CC1.C=CCOC(=O)N[C@H](C)C(=O)O.C=CCOC(=O)N[C@H](C)C(=O)ON1C(=O)CCC1=O.C=CCOC(=O)N[C@H](C)C(=O)S.C=CCOC(=O)N[C@H](C)C(=O)S.C[C@@H](N)C(=O)O.O=C1CCC(=O)N1O. The van der Waals surface area contributed by atoms with Crippen LogP contribution in [0.4, 0.5) is 19.2 Å². The summed E-state index contributed by atoms with van der Waals surface area (Å²) < 4.78 is 18.2. The summed E-state index contributed by atoms with van der Waals surface area (Å²) in [6, 6.07) is -2.25. The first-order valence-electron chi connectivity index (χ1n) is 25.7. The van der Waals surface area contributed by atoms with Crippen LogP contribution in [0.3, 0.4) is 0 Å². The molecular weight excluding hydrogens is 1120 g/mol. The Hall–Kier alpha value is -7.35. The molecule has 2 aliphatic heterocycles. The smallest absolute Gasteiger partial charge is 0.408 e. The third kappa shape index (κ3) is 41.6. The predicted molar refractivity (Wildman–Crippen MR) is 300 cm³/mol. The van der Waals surface area contributed by atoms with Gasteiger partial charge in [0.15, 0.2) is 0 Å². The molecule has 4 rings (SSSR count). The van der Waals surface area contributed by atoms with Gasteiger partial charge in [0, 0.05) is 37.8 Å². The van der Waals surface area contributed by atoms with Gasteiger partial charge in [-0.2, -0.15) is 5.06 Å². The van der Waals surface area contributed by atoms with Crippen LogP contribution in [-0.4, -0.2) is 170 Å². The summed E-state index contributed by atoms with van der Waals surface area (Å²) >= 11 is 7.06. The average molecular weight is 1210 g/mol. The number of thiol groups is 2. The Morgan fingerprint density at radius 3 is 1.05 bits per heavy atom. The quantitative estimate of drug-likeness (QED) is 0.0270. The van der Waals surface area contributed by atoms with Crippen molar-refractivity contribution in [3.8, 4) is 0 Å². The van der Waals surface area contributed by atoms with E-state index < -0.39 is 106 Å². The highest BCUT2D eigenvalue weighted by Gasteiger charge is 2.34. The Labute approximate surface area is 487 Å². The zero-order valence-electron chi connectivity index (χ0n) is 47.0. The minimum atomic E-state index is -1.11. The number of carbonyl (C=O) groups is 13. The number of imide groups is 2. The van der Waals surface area contributed by atoms with Gasteiger partial charge in [0.2, 0.25) is 10.2 Å². The Morgan fingerprint density at radius 1 is 0.524 bits per heavy atom. The number of alkyl carbamates (subject to hydrolysis) is 4. The molecule has 464 valence electrons. The molecule has 2 saturated carbocycles. The molecule has 82 heavy (non-hydrogen) atoms. The number of rotatable bonds is 20. The Kier molecular flexibility index (Phi) is 45.5. The normalized spacial score (nSPS) is 16.1. The van der Waals surface area contributed by atoms with Gasteiger partial charge in [0.05, 0.1) is 12.1 Å². The number of carboxylic acids is 2. The fraction of sp³-hybridized carbons (Fsp3) is 0.588. The lowest BCUT2D eigenvalue weighted by atomic mass is 9.91. The lowest BCUT2D eigenvalue weighted by Gasteiger charge is -2.30. The molecule has 0 aromatic carbocycles. The van der Waals surface area contributed by atoms with E-state index in [9.17, 15) is 62.3 Å². The average Bonchev–Trinajstić information content (AvgIpc) is 3.97. The topological polar surface area (TPSA) is 421 Å². The van der Waals surface area contributed by atoms with E-state index >= 15 is 0 Å². The van der Waals surface area contributed by atoms with Crippen molar-refractivity contribution in [2.75, 3.05) is 26.4 Å². The molecule has 2 aliphatic carbocycles. The number of carbonyl (C=O) groups excluding carboxylic acids is 11. The third-order valence-electron chi connectivity index (χ3n) is 10.4. The van der Waals surface area contributed by atoms with Gasteiger partial charge in [0.25, 0.3) is 23.6 Å². The number of carboxylic acid groups (broad SMARTS) is 2. The standard InChI is InChI=1S/C12H23N.C11H14N2O6.C7H11NO4.2C7H11NO3S.C4H5NO3.C3H7NO2/c1-3-7-11(8-4-1)13-12-9-5-2-6-10-12;1-3-6-18-11(17)12-7(2)10(16)19-13-8(14)4-5-9(13)15;1-3-4-12-7(11)8-5(2)6(9)10;2*1-3-4-11-7(10)8-5(2)6(9)12;6-3-1-2-4(7)5(3)8;1-2(4)3(5)6/h11-13H,1-10H2;3,7H,1,4-6H2,2H3,(H,12,17);3,5H,1,4H2,2H3,(H,8,11)(H,9,10);2*3,5H,1,4H2,2H3,(H,8,10)(H,9,12);8H,1-2H2;2H,4H2,1H3,(H,5,6)/t;7-;3*5-;;2-/m.1111.1/s1. The van der Waals surface area contributed by atoms with E-state index in [1.807, 2.05) is 0 Å². The van der Waals surface area contributed by atoms with Gasteiger partial charge in [-0.25, -0.2) is 24.0 Å². The van der Waals surface area contributed by atoms with Gasteiger partial charge < -0.3 is 66.3 Å². The lowest BCUT2D eigenvalue weighted by Crippen LogP contribution is -2.43. The minimum absolute atomic E-state index is 0.00328. The molecule has 0 unspecified atom stereocenters. The Morgan fingerprint density at radius 2 is 0.805 bits per heavy atom. The second kappa shape index (κ2) is 47.3. The maximum atomic E-state index is 11.5. The molecule has 0 bridgehead atoms. The van der Waals surface area contributed by atoms with Crippen LogP contribution in [0.15, 0.2) is 50.6 Å². The molecule has 4 fully saturated rings. The largest absolute Gasteiger partial charge is 0.480 e. The molecule has 0 aromatic heterocycles. The van der Waals surface area contributed by atoms with E-state index in [1.165, 1.54) is 123 Å². The highest BCUT2D eigenvalue weighted by molar-refractivity contribution is 7.97. The van der Waals surface area contributed by atoms with E-state index in [-0.39, 0.29) is 57.2 Å². The van der Waals surface area contributed by atoms with Crippen LogP contribution in [0.5, 0.6) is 0 Å². The van der Waals surface area contributed by atoms with Gasteiger partial charge in [-0.1, -0.05) is 89.1 Å². The summed E-state index contributed by atoms with van der Waals surface area (Å²) in [5.74, 6) is -5.18. The Balaban J connectivity index is -0.000000908. The molecule has 29 nitrogen and oxygen atoms in total. The zero-order valence-corrected chi connectivity index (χ0v) is 48.8. The van der Waals surface area contributed by atoms with E-state index in [4.69, 9.17) is 21.2 Å². The fourth-order valence-electron chi connectivity index (χ4n) is 5.92. The van der Waals surface area contributed by atoms with E-state index in [0.717, 1.165) is 12.1 Å². The molecule has 31 heteroatoms. The van der Waals surface area contributed by atoms with Crippen LogP contribution >= 0.6 is 25.3 Å². The number of amides is 8. The van der Waals surface area contributed by atoms with Crippen LogP contribution in [0.25, 0.3) is 0 Å². The number of hydroxylamine groups is 4. The molecule has 2 heterocycles. The van der Waals surface area contributed by atoms with Crippen molar-refractivity contribution in [3.63, 3.8) is 0 Å². The number of ether oxygens (including phenoxy) is 4. The predicted octanol–water partition coefficient (Wildman–Crippen LogP) is 3.94. The van der Waals surface area contributed by atoms with E-state index in [0.29, 0.717) is 5.06 Å². The molecule has 4 aliphatic rings. The number of hydrogen-bond acceptors (Lipinski definition) is 21. The fourth-order valence-corrected chi connectivity index (χ4v) is 6.05. The van der Waals surface area contributed by atoms with Crippen LogP contribution in [0.2, 0.25) is 0 Å². The van der Waals surface area contributed by atoms with Crippen LogP contribution in [0, 0.1) is 0 Å². The van der Waals surface area contributed by atoms with Crippen molar-refractivity contribution in [1.29, 1.82) is 0 Å². The first-order chi connectivity index (χ1) is 38.5. The van der Waals surface area contributed by atoms with E-state index in [2.05, 4.69) is 102 Å². The summed E-state index contributed by atoms with van der Waals surface area (Å²) in [6.45, 7) is 20.8. The molecule has 0 aromatic rings. The highest BCUT2D eigenvalue weighted by atomic mass is 32.1. The first kappa shape index (κ1) is 78.9. The molecule has 10 N–H and O–H groups in total. The number of aliphatic carboxylic acids is 2. The third-order valence-corrected chi connectivity index (χ3v) is 11.2. The first-order valence-corrected chi connectivity index (χ1v) is 26.6. The summed E-state index contributed by atoms with van der Waals surface area (Å²) in [6.07, 6.45) is 17.6. The number of nitrogens with zero attached hydrogens (tertiary/aromatic N) is 2. The monoisotopic (exact) mass is 1210 g/mol. The second-order valence-electron chi connectivity index (χ2n) is 17.6. The summed E-state index contributed by atoms with van der Waals surface area (Å²) in [5, 5.41) is 37.1. The second-order valence-corrected chi connectivity index (χ2v) is 18.5. The number of nitrogens with two attached hydrogens (primary N) is 1. The van der Waals surface area contributed by atoms with Crippen LogP contribution in [0.1, 0.15) is 125 Å². The van der Waals surface area contributed by atoms with Crippen LogP contribution in [-0.2, 0) is 66.9 Å². The lowest BCUT2D eigenvalue weighted by molar-refractivity contribution is -0.198. The van der Waals surface area contributed by atoms with Crippen molar-refractivity contribution in [1.82, 2.24) is 36.7 Å². The zero-order chi connectivity index (χ0) is 63.3. The van der Waals surface area contributed by atoms with Gasteiger partial charge in [-0.3, -0.25) is 43.6 Å². The van der Waals surface area contributed by atoms with Crippen LogP contribution < -0.4 is 32.3 Å². The number of hydrogen-bond donors (Lipinski definition) is 11. The minimum Gasteiger partial charge on any atom is -0.480 e. The molecule has 5 atom stereocenters. The van der Waals surface area contributed by atoms with Gasteiger partial charge in [-0.15, -0.1) is 30.3 Å². The van der Waals surface area contributed by atoms with E-state index in [1.54, 1.807) is 0 Å². The maximum Gasteiger partial charge on any atom is 0.408 e. The van der Waals surface area contributed by atoms with Crippen molar-refractivity contribution in [2.24, 2.45) is 5.73 Å². The van der Waals surface area contributed by atoms with Crippen molar-refractivity contribution in [2.45, 2.75) is 167 Å². The highest BCUT2D eigenvalue weighted by Crippen LogP contribution is 2.22.